The Kier molecular flexibility index (Phi) is 8.58. The first kappa shape index (κ1) is 16.4. The number of nitrogens with zero attached hydrogens (tertiary/aromatic N) is 2. The number of nitriles is 1. The lowest BCUT2D eigenvalue weighted by atomic mass is 10.0. The molecule has 0 aliphatic rings. The fourth-order valence-corrected chi connectivity index (χ4v) is 1.36. The van der Waals surface area contributed by atoms with Crippen LogP contribution in [0.5, 0.6) is 0 Å². The van der Waals surface area contributed by atoms with Crippen LogP contribution in [0.15, 0.2) is 0 Å². The van der Waals surface area contributed by atoms with E-state index in [1.54, 1.807) is 14.0 Å². The predicted molar refractivity (Wildman–Crippen MR) is 64.0 cm³/mol. The Morgan fingerprint density at radius 3 is 2.56 bits per heavy atom. The molecule has 0 bridgehead atoms. The highest BCUT2D eigenvalue weighted by Crippen LogP contribution is 2.11. The molecular weight excluding hydrogens is 236 g/mol. The molecule has 0 aromatic carbocycles. The average molecular weight is 256 g/mol. The second kappa shape index (κ2) is 9.42. The first-order valence-corrected chi connectivity index (χ1v) is 5.93. The van der Waals surface area contributed by atoms with Crippen LogP contribution in [0, 0.1) is 17.2 Å². The van der Waals surface area contributed by atoms with Gasteiger partial charge in [0.25, 0.3) is 0 Å². The SMILES string of the molecule is CCOC(=O)C(C#N)CCCCC(=O)N(C)OC. The fraction of sp³-hybridized carbons (Fsp3) is 0.750. The molecule has 0 aromatic rings. The van der Waals surface area contributed by atoms with Crippen molar-refractivity contribution >= 4 is 11.9 Å². The van der Waals surface area contributed by atoms with Crippen molar-refractivity contribution in [2.75, 3.05) is 20.8 Å². The van der Waals surface area contributed by atoms with Gasteiger partial charge in [0.2, 0.25) is 5.91 Å². The van der Waals surface area contributed by atoms with Gasteiger partial charge >= 0.3 is 5.97 Å². The van der Waals surface area contributed by atoms with Crippen molar-refractivity contribution in [3.63, 3.8) is 0 Å². The van der Waals surface area contributed by atoms with Crippen LogP contribution in [0.1, 0.15) is 32.6 Å². The summed E-state index contributed by atoms with van der Waals surface area (Å²) in [6.45, 7) is 1.97. The lowest BCUT2D eigenvalue weighted by Crippen LogP contribution is -2.25. The van der Waals surface area contributed by atoms with Gasteiger partial charge in [0.05, 0.1) is 19.8 Å². The van der Waals surface area contributed by atoms with Gasteiger partial charge in [-0.25, -0.2) is 5.06 Å². The van der Waals surface area contributed by atoms with E-state index in [0.717, 1.165) is 5.06 Å². The molecule has 18 heavy (non-hydrogen) atoms. The third-order valence-corrected chi connectivity index (χ3v) is 2.49. The van der Waals surface area contributed by atoms with Crippen LogP contribution >= 0.6 is 0 Å². The highest BCUT2D eigenvalue weighted by Gasteiger charge is 2.18. The zero-order valence-electron chi connectivity index (χ0n) is 11.1. The van der Waals surface area contributed by atoms with Gasteiger partial charge in [0.1, 0.15) is 5.92 Å². The van der Waals surface area contributed by atoms with E-state index in [0.29, 0.717) is 25.7 Å². The van der Waals surface area contributed by atoms with Crippen molar-refractivity contribution in [3.05, 3.63) is 0 Å². The van der Waals surface area contributed by atoms with E-state index >= 15 is 0 Å². The minimum absolute atomic E-state index is 0.123. The Hall–Kier alpha value is -1.61. The van der Waals surface area contributed by atoms with Gasteiger partial charge in [-0.2, -0.15) is 5.26 Å². The van der Waals surface area contributed by atoms with Crippen molar-refractivity contribution in [2.45, 2.75) is 32.6 Å². The monoisotopic (exact) mass is 256 g/mol. The maximum atomic E-state index is 11.4. The number of hydroxylamine groups is 2. The van der Waals surface area contributed by atoms with Crippen LogP contribution in [-0.2, 0) is 19.2 Å². The van der Waals surface area contributed by atoms with E-state index in [2.05, 4.69) is 0 Å². The number of esters is 1. The topological polar surface area (TPSA) is 79.6 Å². The maximum absolute atomic E-state index is 11.4. The first-order valence-electron chi connectivity index (χ1n) is 5.93. The molecule has 0 heterocycles. The first-order chi connectivity index (χ1) is 8.56. The predicted octanol–water partition coefficient (Wildman–Crippen LogP) is 1.27. The second-order valence-corrected chi connectivity index (χ2v) is 3.75. The molecule has 0 aliphatic heterocycles. The number of carbonyl (C=O) groups is 2. The summed E-state index contributed by atoms with van der Waals surface area (Å²) in [7, 11) is 2.96. The number of rotatable bonds is 8. The molecule has 0 saturated carbocycles. The van der Waals surface area contributed by atoms with E-state index in [9.17, 15) is 9.59 Å². The molecule has 0 radical (unpaired) electrons. The summed E-state index contributed by atoms with van der Waals surface area (Å²) in [5.74, 6) is -1.34. The highest BCUT2D eigenvalue weighted by molar-refractivity contribution is 5.75. The van der Waals surface area contributed by atoms with Crippen molar-refractivity contribution in [2.24, 2.45) is 5.92 Å². The van der Waals surface area contributed by atoms with E-state index in [-0.39, 0.29) is 12.5 Å². The normalized spacial score (nSPS) is 11.4. The summed E-state index contributed by atoms with van der Waals surface area (Å²) in [5.41, 5.74) is 0. The molecule has 0 fully saturated rings. The number of hydrogen-bond donors (Lipinski definition) is 0. The summed E-state index contributed by atoms with van der Waals surface area (Å²) in [6, 6.07) is 1.91. The zero-order valence-corrected chi connectivity index (χ0v) is 11.1. The minimum Gasteiger partial charge on any atom is -0.465 e. The highest BCUT2D eigenvalue weighted by atomic mass is 16.7. The van der Waals surface area contributed by atoms with Gasteiger partial charge in [-0.3, -0.25) is 14.4 Å². The van der Waals surface area contributed by atoms with E-state index in [1.807, 2.05) is 6.07 Å². The van der Waals surface area contributed by atoms with Crippen molar-refractivity contribution < 1.29 is 19.2 Å². The summed E-state index contributed by atoms with van der Waals surface area (Å²) >= 11 is 0. The fourth-order valence-electron chi connectivity index (χ4n) is 1.36. The molecule has 0 N–H and O–H groups in total. The molecule has 1 atom stereocenters. The largest absolute Gasteiger partial charge is 0.465 e. The Morgan fingerprint density at radius 2 is 2.06 bits per heavy atom. The number of amides is 1. The molecule has 1 amide bonds. The molecule has 0 aromatic heterocycles. The molecule has 102 valence electrons. The molecule has 6 nitrogen and oxygen atoms in total. The van der Waals surface area contributed by atoms with Gasteiger partial charge in [0.15, 0.2) is 0 Å². The van der Waals surface area contributed by atoms with E-state index in [1.165, 1.54) is 7.11 Å². The summed E-state index contributed by atoms with van der Waals surface area (Å²) in [6.07, 6.45) is 2.00. The quantitative estimate of drug-likeness (QED) is 0.371. The third kappa shape index (κ3) is 6.21. The van der Waals surface area contributed by atoms with E-state index < -0.39 is 11.9 Å². The Morgan fingerprint density at radius 1 is 1.39 bits per heavy atom. The smallest absolute Gasteiger partial charge is 0.323 e. The van der Waals surface area contributed by atoms with E-state index in [4.69, 9.17) is 14.8 Å². The standard InChI is InChI=1S/C12H20N2O4/c1-4-18-12(16)10(9-13)7-5-6-8-11(15)14(2)17-3/h10H,4-8H2,1-3H3. The Labute approximate surface area is 107 Å². The van der Waals surface area contributed by atoms with Gasteiger partial charge in [-0.05, 0) is 19.8 Å². The second-order valence-electron chi connectivity index (χ2n) is 3.75. The molecular formula is C12H20N2O4. The van der Waals surface area contributed by atoms with Gasteiger partial charge in [-0.1, -0.05) is 6.42 Å². The van der Waals surface area contributed by atoms with Crippen LogP contribution in [0.25, 0.3) is 0 Å². The molecule has 0 saturated heterocycles. The summed E-state index contributed by atoms with van der Waals surface area (Å²) in [5, 5.41) is 9.97. The van der Waals surface area contributed by atoms with Crippen LogP contribution < -0.4 is 0 Å². The number of hydrogen-bond acceptors (Lipinski definition) is 5. The summed E-state index contributed by atoms with van der Waals surface area (Å²) < 4.78 is 4.77. The zero-order chi connectivity index (χ0) is 14.0. The molecule has 0 aliphatic carbocycles. The van der Waals surface area contributed by atoms with Gasteiger partial charge in [0, 0.05) is 13.5 Å². The van der Waals surface area contributed by atoms with Crippen LogP contribution in [0.3, 0.4) is 0 Å². The number of unbranched alkanes of at least 4 members (excludes halogenated alkanes) is 1. The maximum Gasteiger partial charge on any atom is 0.323 e. The van der Waals surface area contributed by atoms with Gasteiger partial charge in [-0.15, -0.1) is 0 Å². The Balaban J connectivity index is 3.86. The number of carbonyl (C=O) groups excluding carboxylic acids is 2. The minimum atomic E-state index is -0.736. The summed E-state index contributed by atoms with van der Waals surface area (Å²) in [4.78, 5) is 27.4. The Bertz CT molecular complexity index is 312. The average Bonchev–Trinajstić information content (AvgIpc) is 2.37. The van der Waals surface area contributed by atoms with Gasteiger partial charge < -0.3 is 4.74 Å². The molecule has 1 unspecified atom stereocenters. The van der Waals surface area contributed by atoms with Crippen LogP contribution in [0.4, 0.5) is 0 Å². The van der Waals surface area contributed by atoms with Crippen LogP contribution in [-0.4, -0.2) is 37.7 Å². The lowest BCUT2D eigenvalue weighted by Gasteiger charge is -2.13. The number of ether oxygens (including phenoxy) is 1. The molecule has 0 spiro atoms. The molecule has 0 rings (SSSR count). The third-order valence-electron chi connectivity index (χ3n) is 2.49. The van der Waals surface area contributed by atoms with Crippen molar-refractivity contribution in [1.29, 1.82) is 5.26 Å². The van der Waals surface area contributed by atoms with Crippen molar-refractivity contribution in [1.82, 2.24) is 5.06 Å². The van der Waals surface area contributed by atoms with Crippen LogP contribution in [0.2, 0.25) is 0 Å². The van der Waals surface area contributed by atoms with Crippen molar-refractivity contribution in [3.8, 4) is 6.07 Å². The molecule has 6 heteroatoms. The lowest BCUT2D eigenvalue weighted by molar-refractivity contribution is -0.168.